The lowest BCUT2D eigenvalue weighted by molar-refractivity contribution is -0.122. The number of carboxylic acids is 1. The van der Waals surface area contributed by atoms with Crippen molar-refractivity contribution < 1.29 is 19.1 Å². The third-order valence-electron chi connectivity index (χ3n) is 5.53. The smallest absolute Gasteiger partial charge is 0.335 e. The lowest BCUT2D eigenvalue weighted by atomic mass is 9.79. The summed E-state index contributed by atoms with van der Waals surface area (Å²) >= 11 is 6.21. The van der Waals surface area contributed by atoms with E-state index in [1.165, 1.54) is 12.5 Å². The van der Waals surface area contributed by atoms with Crippen LogP contribution in [0.3, 0.4) is 0 Å². The number of hydrogen-bond donors (Lipinski definition) is 1. The van der Waals surface area contributed by atoms with Gasteiger partial charge in [0.05, 0.1) is 28.6 Å². The number of amides is 1. The first-order chi connectivity index (χ1) is 13.0. The average Bonchev–Trinajstić information content (AvgIpc) is 3.33. The van der Waals surface area contributed by atoms with Gasteiger partial charge >= 0.3 is 5.97 Å². The molecule has 1 unspecified atom stereocenters. The minimum absolute atomic E-state index is 0.0470. The van der Waals surface area contributed by atoms with E-state index >= 15 is 0 Å². The zero-order chi connectivity index (χ0) is 18.8. The highest BCUT2D eigenvalue weighted by molar-refractivity contribution is 6.31. The number of nitrogens with zero attached hydrogens (tertiary/aromatic N) is 1. The number of anilines is 2. The molecule has 1 aliphatic carbocycles. The molecule has 1 atom stereocenters. The molecule has 134 valence electrons. The predicted molar refractivity (Wildman–Crippen MR) is 99.8 cm³/mol. The first-order valence-corrected chi connectivity index (χ1v) is 8.89. The van der Waals surface area contributed by atoms with Crippen molar-refractivity contribution >= 4 is 34.9 Å². The molecule has 1 aliphatic heterocycles. The second-order valence-electron chi connectivity index (χ2n) is 7.01. The number of carbonyl (C=O) groups is 2. The average molecular weight is 380 g/mol. The van der Waals surface area contributed by atoms with Crippen LogP contribution < -0.4 is 4.90 Å². The van der Waals surface area contributed by atoms with E-state index < -0.39 is 11.4 Å². The summed E-state index contributed by atoms with van der Waals surface area (Å²) in [5.74, 6) is -1.02. The molecule has 0 bridgehead atoms. The standard InChI is InChI=1S/C21H14ClNO4/c22-15-3-4-17-18(8-15)23(16-5-6-27-11-16)20(26)21(17)9-13-2-1-12(19(24)25)7-14(13)10-21/h1-8,11H,9-10H2,(H,24,25). The van der Waals surface area contributed by atoms with Crippen molar-refractivity contribution in [1.82, 2.24) is 0 Å². The van der Waals surface area contributed by atoms with E-state index in [2.05, 4.69) is 0 Å². The van der Waals surface area contributed by atoms with Crippen LogP contribution in [0.15, 0.2) is 59.4 Å². The van der Waals surface area contributed by atoms with Gasteiger partial charge in [-0.2, -0.15) is 0 Å². The van der Waals surface area contributed by atoms with Crippen molar-refractivity contribution in [3.05, 3.63) is 82.3 Å². The molecule has 1 amide bonds. The van der Waals surface area contributed by atoms with Crippen LogP contribution in [0.2, 0.25) is 5.02 Å². The molecule has 5 rings (SSSR count). The molecular formula is C21H14ClNO4. The molecule has 2 heterocycles. The van der Waals surface area contributed by atoms with Gasteiger partial charge in [-0.25, -0.2) is 4.79 Å². The highest BCUT2D eigenvalue weighted by Gasteiger charge is 2.54. The summed E-state index contributed by atoms with van der Waals surface area (Å²) in [6.07, 6.45) is 4.06. The summed E-state index contributed by atoms with van der Waals surface area (Å²) in [6, 6.07) is 12.3. The normalized spacial score (nSPS) is 20.2. The Kier molecular flexibility index (Phi) is 3.27. The Morgan fingerprint density at radius 1 is 1.11 bits per heavy atom. The van der Waals surface area contributed by atoms with Crippen LogP contribution in [0.25, 0.3) is 0 Å². The monoisotopic (exact) mass is 379 g/mol. The molecule has 0 saturated carbocycles. The minimum Gasteiger partial charge on any atom is -0.478 e. The largest absolute Gasteiger partial charge is 0.478 e. The number of carbonyl (C=O) groups excluding carboxylic acids is 1. The lowest BCUT2D eigenvalue weighted by Crippen LogP contribution is -2.39. The van der Waals surface area contributed by atoms with E-state index in [0.29, 0.717) is 23.6 Å². The summed E-state index contributed by atoms with van der Waals surface area (Å²) in [5.41, 5.74) is 3.70. The molecule has 2 aliphatic rings. The Hall–Kier alpha value is -3.05. The molecule has 1 spiro atoms. The van der Waals surface area contributed by atoms with Gasteiger partial charge in [0, 0.05) is 11.1 Å². The van der Waals surface area contributed by atoms with Gasteiger partial charge in [0.1, 0.15) is 6.26 Å². The van der Waals surface area contributed by atoms with E-state index in [9.17, 15) is 14.7 Å². The number of fused-ring (bicyclic) bond motifs is 3. The van der Waals surface area contributed by atoms with Gasteiger partial charge in [-0.3, -0.25) is 9.69 Å². The van der Waals surface area contributed by atoms with Gasteiger partial charge in [-0.05, 0) is 53.8 Å². The molecule has 3 aromatic rings. The van der Waals surface area contributed by atoms with Gasteiger partial charge in [-0.1, -0.05) is 23.7 Å². The molecule has 6 heteroatoms. The SMILES string of the molecule is O=C(O)c1ccc2c(c1)CC1(C2)C(=O)N(c2ccoc2)c2cc(Cl)ccc21. The number of aromatic carboxylic acids is 1. The second-order valence-corrected chi connectivity index (χ2v) is 7.44. The number of rotatable bonds is 2. The predicted octanol–water partition coefficient (Wildman–Crippen LogP) is 4.35. The fourth-order valence-electron chi connectivity index (χ4n) is 4.32. The molecule has 1 N–H and O–H groups in total. The van der Waals surface area contributed by atoms with E-state index in [0.717, 1.165) is 22.4 Å². The van der Waals surface area contributed by atoms with Crippen molar-refractivity contribution in [2.45, 2.75) is 18.3 Å². The van der Waals surface area contributed by atoms with Crippen LogP contribution in [-0.2, 0) is 23.1 Å². The van der Waals surface area contributed by atoms with Crippen LogP contribution in [0, 0.1) is 0 Å². The van der Waals surface area contributed by atoms with Crippen molar-refractivity contribution in [2.24, 2.45) is 0 Å². The zero-order valence-corrected chi connectivity index (χ0v) is 14.9. The summed E-state index contributed by atoms with van der Waals surface area (Å²) in [4.78, 5) is 26.6. The minimum atomic E-state index is -0.969. The summed E-state index contributed by atoms with van der Waals surface area (Å²) in [7, 11) is 0. The van der Waals surface area contributed by atoms with Gasteiger partial charge in [0.25, 0.3) is 0 Å². The Balaban J connectivity index is 1.67. The molecule has 0 fully saturated rings. The fraction of sp³-hybridized carbons (Fsp3) is 0.143. The van der Waals surface area contributed by atoms with Crippen LogP contribution in [-0.4, -0.2) is 17.0 Å². The maximum Gasteiger partial charge on any atom is 0.335 e. The number of benzene rings is 2. The molecule has 1 aromatic heterocycles. The van der Waals surface area contributed by atoms with Gasteiger partial charge in [0.2, 0.25) is 5.91 Å². The number of halogens is 1. The summed E-state index contributed by atoms with van der Waals surface area (Å²) in [5, 5.41) is 9.83. The van der Waals surface area contributed by atoms with Gasteiger partial charge in [-0.15, -0.1) is 0 Å². The van der Waals surface area contributed by atoms with E-state index in [-0.39, 0.29) is 11.5 Å². The fourth-order valence-corrected chi connectivity index (χ4v) is 4.49. The maximum absolute atomic E-state index is 13.6. The van der Waals surface area contributed by atoms with Crippen LogP contribution in [0.5, 0.6) is 0 Å². The molecule has 27 heavy (non-hydrogen) atoms. The van der Waals surface area contributed by atoms with Crippen molar-refractivity contribution in [2.75, 3.05) is 4.90 Å². The summed E-state index contributed by atoms with van der Waals surface area (Å²) in [6.45, 7) is 0. The van der Waals surface area contributed by atoms with Crippen molar-refractivity contribution in [1.29, 1.82) is 0 Å². The number of carboxylic acid groups (broad SMARTS) is 1. The molecule has 0 saturated heterocycles. The maximum atomic E-state index is 13.6. The first kappa shape index (κ1) is 16.1. The third kappa shape index (κ3) is 2.18. The van der Waals surface area contributed by atoms with Crippen LogP contribution >= 0.6 is 11.6 Å². The zero-order valence-electron chi connectivity index (χ0n) is 14.1. The highest BCUT2D eigenvalue weighted by atomic mass is 35.5. The Morgan fingerprint density at radius 3 is 2.67 bits per heavy atom. The van der Waals surface area contributed by atoms with Crippen molar-refractivity contribution in [3.63, 3.8) is 0 Å². The number of furan rings is 1. The highest BCUT2D eigenvalue weighted by Crippen LogP contribution is 2.52. The third-order valence-corrected chi connectivity index (χ3v) is 5.77. The summed E-state index contributed by atoms with van der Waals surface area (Å²) < 4.78 is 5.18. The van der Waals surface area contributed by atoms with Gasteiger partial charge < -0.3 is 9.52 Å². The Morgan fingerprint density at radius 2 is 1.93 bits per heavy atom. The quantitative estimate of drug-likeness (QED) is 0.718. The topological polar surface area (TPSA) is 70.8 Å². The van der Waals surface area contributed by atoms with Crippen LogP contribution in [0.4, 0.5) is 11.4 Å². The Bertz CT molecular complexity index is 1110. The molecular weight excluding hydrogens is 366 g/mol. The Labute approximate surface area is 159 Å². The van der Waals surface area contributed by atoms with Gasteiger partial charge in [0.15, 0.2) is 0 Å². The van der Waals surface area contributed by atoms with Crippen molar-refractivity contribution in [3.8, 4) is 0 Å². The number of hydrogen-bond acceptors (Lipinski definition) is 3. The van der Waals surface area contributed by atoms with E-state index in [1.807, 2.05) is 12.1 Å². The molecule has 2 aromatic carbocycles. The van der Waals surface area contributed by atoms with E-state index in [4.69, 9.17) is 16.0 Å². The second kappa shape index (κ2) is 5.47. The molecule has 5 nitrogen and oxygen atoms in total. The van der Waals surface area contributed by atoms with E-state index in [1.54, 1.807) is 35.2 Å². The first-order valence-electron chi connectivity index (χ1n) is 8.51. The molecule has 0 radical (unpaired) electrons. The van der Waals surface area contributed by atoms with Crippen LogP contribution in [0.1, 0.15) is 27.0 Å². The lowest BCUT2D eigenvalue weighted by Gasteiger charge is -2.23.